The van der Waals surface area contributed by atoms with Crippen LogP contribution in [0.4, 0.5) is 4.39 Å². The maximum Gasteiger partial charge on any atom is 0.349 e. The Morgan fingerprint density at radius 2 is 2.32 bits per heavy atom. The third kappa shape index (κ3) is 4.14. The van der Waals surface area contributed by atoms with Gasteiger partial charge in [-0.15, -0.1) is 0 Å². The summed E-state index contributed by atoms with van der Waals surface area (Å²) in [6.07, 6.45) is -3.97. The highest BCUT2D eigenvalue weighted by molar-refractivity contribution is 5.76. The number of carbonyl (C=O) groups excluding carboxylic acids is 1. The molecule has 5 atom stereocenters. The summed E-state index contributed by atoms with van der Waals surface area (Å²) in [6.45, 7) is 3.60. The first-order valence-electron chi connectivity index (χ1n) is 8.62. The lowest BCUT2D eigenvalue weighted by Gasteiger charge is -2.31. The number of hydrogen-bond acceptors (Lipinski definition) is 8. The SMILES string of the molecule is Cc1ccn([C@@H]2O[C@@](CO)(CN=[N+]=[N-])[C@@H](OC(=O)C(N)C(C)C)[C@H]2F)c(=O)n1. The summed E-state index contributed by atoms with van der Waals surface area (Å²) in [5.41, 5.74) is 12.1. The molecule has 0 aliphatic carbocycles. The Morgan fingerprint density at radius 1 is 1.64 bits per heavy atom. The number of aliphatic hydroxyl groups excluding tert-OH is 1. The zero-order valence-electron chi connectivity index (χ0n) is 15.7. The number of halogens is 1. The van der Waals surface area contributed by atoms with E-state index in [-0.39, 0.29) is 5.92 Å². The minimum Gasteiger partial charge on any atom is -0.455 e. The highest BCUT2D eigenvalue weighted by Crippen LogP contribution is 2.41. The fourth-order valence-electron chi connectivity index (χ4n) is 2.82. The summed E-state index contributed by atoms with van der Waals surface area (Å²) in [4.78, 5) is 30.7. The zero-order chi connectivity index (χ0) is 21.1. The maximum atomic E-state index is 15.3. The van der Waals surface area contributed by atoms with Gasteiger partial charge >= 0.3 is 11.7 Å². The molecule has 2 rings (SSSR count). The fourth-order valence-corrected chi connectivity index (χ4v) is 2.82. The van der Waals surface area contributed by atoms with E-state index in [9.17, 15) is 14.7 Å². The molecule has 0 aromatic carbocycles. The van der Waals surface area contributed by atoms with Crippen LogP contribution in [-0.4, -0.2) is 57.7 Å². The van der Waals surface area contributed by atoms with Crippen LogP contribution in [0.2, 0.25) is 0 Å². The molecule has 3 N–H and O–H groups in total. The summed E-state index contributed by atoms with van der Waals surface area (Å²) >= 11 is 0. The average molecular weight is 398 g/mol. The molecule has 12 heteroatoms. The molecule has 0 radical (unpaired) electrons. The van der Waals surface area contributed by atoms with Crippen LogP contribution in [0.3, 0.4) is 0 Å². The van der Waals surface area contributed by atoms with E-state index in [0.717, 1.165) is 4.57 Å². The van der Waals surface area contributed by atoms with Gasteiger partial charge in [0.05, 0.1) is 13.2 Å². The quantitative estimate of drug-likeness (QED) is 0.289. The summed E-state index contributed by atoms with van der Waals surface area (Å²) < 4.78 is 27.0. The van der Waals surface area contributed by atoms with Crippen LogP contribution in [0.25, 0.3) is 10.4 Å². The minimum absolute atomic E-state index is 0.284. The summed E-state index contributed by atoms with van der Waals surface area (Å²) in [5, 5.41) is 13.2. The van der Waals surface area contributed by atoms with Crippen LogP contribution < -0.4 is 11.4 Å². The normalized spacial score (nSPS) is 28.0. The highest BCUT2D eigenvalue weighted by atomic mass is 19.1. The van der Waals surface area contributed by atoms with Crippen molar-refractivity contribution in [2.75, 3.05) is 13.2 Å². The number of carbonyl (C=O) groups is 1. The largest absolute Gasteiger partial charge is 0.455 e. The van der Waals surface area contributed by atoms with E-state index < -0.39 is 55.0 Å². The van der Waals surface area contributed by atoms with Gasteiger partial charge in [-0.25, -0.2) is 9.18 Å². The van der Waals surface area contributed by atoms with E-state index in [4.69, 9.17) is 20.7 Å². The smallest absolute Gasteiger partial charge is 0.349 e. The van der Waals surface area contributed by atoms with Gasteiger partial charge in [0.1, 0.15) is 11.6 Å². The van der Waals surface area contributed by atoms with Gasteiger partial charge in [-0.3, -0.25) is 9.36 Å². The lowest BCUT2D eigenvalue weighted by Crippen LogP contribution is -2.52. The van der Waals surface area contributed by atoms with E-state index in [1.807, 2.05) is 0 Å². The van der Waals surface area contributed by atoms with Crippen molar-refractivity contribution in [3.8, 4) is 0 Å². The third-order valence-corrected chi connectivity index (χ3v) is 4.58. The van der Waals surface area contributed by atoms with Gasteiger partial charge in [-0.05, 0) is 24.4 Å². The fraction of sp³-hybridized carbons (Fsp3) is 0.688. The molecule has 1 aliphatic heterocycles. The molecular weight excluding hydrogens is 375 g/mol. The van der Waals surface area contributed by atoms with E-state index in [0.29, 0.717) is 5.69 Å². The molecule has 1 saturated heterocycles. The lowest BCUT2D eigenvalue weighted by atomic mass is 9.96. The number of aliphatic hydroxyl groups is 1. The van der Waals surface area contributed by atoms with Gasteiger partial charge in [0.2, 0.25) is 0 Å². The van der Waals surface area contributed by atoms with Crippen LogP contribution in [0.1, 0.15) is 25.8 Å². The van der Waals surface area contributed by atoms with Crippen molar-refractivity contribution in [1.82, 2.24) is 9.55 Å². The molecule has 11 nitrogen and oxygen atoms in total. The van der Waals surface area contributed by atoms with Crippen molar-refractivity contribution >= 4 is 5.97 Å². The first-order valence-corrected chi connectivity index (χ1v) is 8.62. The van der Waals surface area contributed by atoms with Gasteiger partial charge in [-0.2, -0.15) is 4.98 Å². The van der Waals surface area contributed by atoms with Crippen molar-refractivity contribution in [3.05, 3.63) is 38.9 Å². The van der Waals surface area contributed by atoms with Gasteiger partial charge in [0.25, 0.3) is 0 Å². The molecule has 1 aromatic heterocycles. The van der Waals surface area contributed by atoms with Gasteiger partial charge in [0.15, 0.2) is 18.5 Å². The number of azide groups is 1. The first-order chi connectivity index (χ1) is 13.2. The van der Waals surface area contributed by atoms with E-state index in [1.165, 1.54) is 12.3 Å². The maximum absolute atomic E-state index is 15.3. The Kier molecular flexibility index (Phi) is 6.73. The number of hydrogen-bond donors (Lipinski definition) is 2. The van der Waals surface area contributed by atoms with Crippen LogP contribution in [0.5, 0.6) is 0 Å². The summed E-state index contributed by atoms with van der Waals surface area (Å²) in [5.74, 6) is -1.19. The van der Waals surface area contributed by atoms with Gasteiger partial charge < -0.3 is 20.3 Å². The molecule has 0 bridgehead atoms. The van der Waals surface area contributed by atoms with Crippen LogP contribution in [-0.2, 0) is 14.3 Å². The predicted octanol–water partition coefficient (Wildman–Crippen LogP) is 0.355. The highest BCUT2D eigenvalue weighted by Gasteiger charge is 2.58. The second kappa shape index (κ2) is 8.65. The van der Waals surface area contributed by atoms with Gasteiger partial charge in [-0.1, -0.05) is 19.0 Å². The van der Waals surface area contributed by atoms with Crippen LogP contribution >= 0.6 is 0 Å². The van der Waals surface area contributed by atoms with Crippen molar-refractivity contribution in [2.24, 2.45) is 16.8 Å². The minimum atomic E-state index is -2.05. The molecular formula is C16H23FN6O5. The van der Waals surface area contributed by atoms with E-state index >= 15 is 4.39 Å². The molecule has 0 amide bonds. The number of aromatic nitrogens is 2. The van der Waals surface area contributed by atoms with Crippen LogP contribution in [0.15, 0.2) is 22.2 Å². The zero-order valence-corrected chi connectivity index (χ0v) is 15.7. The average Bonchev–Trinajstić information content (AvgIpc) is 2.92. The molecule has 1 unspecified atom stereocenters. The predicted molar refractivity (Wildman–Crippen MR) is 94.8 cm³/mol. The van der Waals surface area contributed by atoms with Crippen molar-refractivity contribution < 1.29 is 23.8 Å². The second-order valence-corrected chi connectivity index (χ2v) is 6.95. The van der Waals surface area contributed by atoms with E-state index in [1.54, 1.807) is 20.8 Å². The topological polar surface area (TPSA) is 165 Å². The molecule has 2 heterocycles. The lowest BCUT2D eigenvalue weighted by molar-refractivity contribution is -0.169. The molecule has 1 aromatic rings. The molecule has 0 saturated carbocycles. The Labute approximate surface area is 159 Å². The molecule has 154 valence electrons. The van der Waals surface area contributed by atoms with Crippen molar-refractivity contribution in [3.63, 3.8) is 0 Å². The summed E-state index contributed by atoms with van der Waals surface area (Å²) in [7, 11) is 0. The molecule has 1 fully saturated rings. The number of esters is 1. The van der Waals surface area contributed by atoms with Crippen LogP contribution in [0, 0.1) is 12.8 Å². The van der Waals surface area contributed by atoms with E-state index in [2.05, 4.69) is 15.0 Å². The number of aryl methyl sites for hydroxylation is 1. The molecule has 0 spiro atoms. The number of nitrogens with zero attached hydrogens (tertiary/aromatic N) is 5. The standard InChI is InChI=1S/C16H23FN6O5/c1-8(2)11(18)14(25)27-12-10(17)13(23-5-4-9(3)21-15(23)26)28-16(12,7-24)6-20-22-19/h4-5,8,10-13,24H,6-7,18H2,1-3H3/t10-,11?,12+,13-,16-/m1/s1. The Bertz CT molecular complexity index is 826. The number of rotatable bonds is 7. The first kappa shape index (κ1) is 21.8. The molecule has 1 aliphatic rings. The van der Waals surface area contributed by atoms with Gasteiger partial charge in [0, 0.05) is 16.8 Å². The monoisotopic (exact) mass is 398 g/mol. The Morgan fingerprint density at radius 3 is 2.86 bits per heavy atom. The Balaban J connectivity index is 2.44. The Hall–Kier alpha value is -2.53. The number of alkyl halides is 1. The van der Waals surface area contributed by atoms with Crippen molar-refractivity contribution in [2.45, 2.75) is 50.9 Å². The third-order valence-electron chi connectivity index (χ3n) is 4.58. The number of ether oxygens (including phenoxy) is 2. The number of nitrogens with two attached hydrogens (primary N) is 1. The molecule has 28 heavy (non-hydrogen) atoms. The second-order valence-electron chi connectivity index (χ2n) is 6.95. The summed E-state index contributed by atoms with van der Waals surface area (Å²) in [6, 6.07) is 0.436. The van der Waals surface area contributed by atoms with Crippen molar-refractivity contribution in [1.29, 1.82) is 0 Å².